The fourth-order valence-electron chi connectivity index (χ4n) is 2.23. The Kier molecular flexibility index (Phi) is 4.68. The van der Waals surface area contributed by atoms with Crippen LogP contribution >= 0.6 is 27.5 Å². The van der Waals surface area contributed by atoms with Crippen molar-refractivity contribution in [3.05, 3.63) is 69.2 Å². The Morgan fingerprint density at radius 3 is 2.48 bits per heavy atom. The molecule has 4 nitrogen and oxygen atoms in total. The van der Waals surface area contributed by atoms with E-state index in [2.05, 4.69) is 21.0 Å². The van der Waals surface area contributed by atoms with E-state index >= 15 is 0 Å². The number of amides is 1. The quantitative estimate of drug-likeness (QED) is 0.756. The van der Waals surface area contributed by atoms with Crippen LogP contribution in [-0.4, -0.2) is 16.8 Å². The van der Waals surface area contributed by atoms with Gasteiger partial charge >= 0.3 is 0 Å². The maximum atomic E-state index is 12.2. The molecule has 6 heteroatoms. The summed E-state index contributed by atoms with van der Waals surface area (Å²) in [5.41, 5.74) is 1.64. The molecule has 0 saturated heterocycles. The molecule has 1 atom stereocenters. The number of carbonyl (C=O) groups is 1. The molecule has 2 aromatic carbocycles. The fourth-order valence-corrected chi connectivity index (χ4v) is 2.62. The molecule has 0 aliphatic carbocycles. The molecular weight excluding hydrogens is 380 g/mol. The van der Waals surface area contributed by atoms with E-state index in [0.717, 1.165) is 15.6 Å². The van der Waals surface area contributed by atoms with Crippen molar-refractivity contribution in [2.24, 2.45) is 5.10 Å². The summed E-state index contributed by atoms with van der Waals surface area (Å²) in [6, 6.07) is 14.8. The van der Waals surface area contributed by atoms with E-state index < -0.39 is 6.23 Å². The molecular formula is C17H14BrClN2O2. The van der Waals surface area contributed by atoms with Crippen LogP contribution in [0.25, 0.3) is 0 Å². The highest BCUT2D eigenvalue weighted by Gasteiger charge is 2.33. The first-order valence-corrected chi connectivity index (χ1v) is 8.34. The van der Waals surface area contributed by atoms with E-state index in [1.54, 1.807) is 19.1 Å². The van der Waals surface area contributed by atoms with Crippen LogP contribution in [0.1, 0.15) is 30.7 Å². The van der Waals surface area contributed by atoms with Crippen LogP contribution in [0.2, 0.25) is 5.02 Å². The molecule has 0 fully saturated rings. The lowest BCUT2D eigenvalue weighted by molar-refractivity contribution is -0.137. The largest absolute Gasteiger partial charge is 0.446 e. The van der Waals surface area contributed by atoms with Gasteiger partial charge in [-0.05, 0) is 36.4 Å². The number of hydrogen-bond donors (Lipinski definition) is 0. The van der Waals surface area contributed by atoms with Crippen LogP contribution in [0.5, 0.6) is 0 Å². The summed E-state index contributed by atoms with van der Waals surface area (Å²) in [6.45, 7) is 1.80. The lowest BCUT2D eigenvalue weighted by atomic mass is 10.2. The molecule has 23 heavy (non-hydrogen) atoms. The molecule has 0 spiro atoms. The molecule has 1 aliphatic rings. The van der Waals surface area contributed by atoms with E-state index in [-0.39, 0.29) is 5.91 Å². The Morgan fingerprint density at radius 2 is 1.87 bits per heavy atom. The van der Waals surface area contributed by atoms with E-state index in [1.165, 1.54) is 5.01 Å². The Labute approximate surface area is 147 Å². The first kappa shape index (κ1) is 16.0. The fraction of sp³-hybridized carbons (Fsp3) is 0.176. The zero-order valence-electron chi connectivity index (χ0n) is 12.4. The lowest BCUT2D eigenvalue weighted by Crippen LogP contribution is -2.26. The molecule has 118 valence electrons. The number of nitrogens with zero attached hydrogens (tertiary/aromatic N) is 2. The molecule has 3 rings (SSSR count). The van der Waals surface area contributed by atoms with Crippen molar-refractivity contribution in [2.45, 2.75) is 19.6 Å². The monoisotopic (exact) mass is 392 g/mol. The van der Waals surface area contributed by atoms with Gasteiger partial charge < -0.3 is 4.74 Å². The zero-order chi connectivity index (χ0) is 16.4. The number of benzene rings is 2. The van der Waals surface area contributed by atoms with Gasteiger partial charge in [-0.15, -0.1) is 5.10 Å². The Hall–Kier alpha value is -1.85. The second-order valence-electron chi connectivity index (χ2n) is 5.03. The maximum absolute atomic E-state index is 12.2. The second kappa shape index (κ2) is 6.72. The molecule has 0 unspecified atom stereocenters. The SMILES string of the molecule is CCC(=O)N1N=C(c2ccc(Cl)cc2)O[C@@H]1c1ccc(Br)cc1. The predicted octanol–water partition coefficient (Wildman–Crippen LogP) is 4.73. The molecule has 1 heterocycles. The summed E-state index contributed by atoms with van der Waals surface area (Å²) in [5.74, 6) is 0.318. The van der Waals surface area contributed by atoms with E-state index in [0.29, 0.717) is 17.3 Å². The molecule has 0 bridgehead atoms. The standard InChI is InChI=1S/C17H14BrClN2O2/c1-2-15(22)21-17(12-3-7-13(18)8-4-12)23-16(20-21)11-5-9-14(19)10-6-11/h3-10,17H,2H2,1H3/t17-/m1/s1. The van der Waals surface area contributed by atoms with Crippen LogP contribution in [0.15, 0.2) is 58.1 Å². The van der Waals surface area contributed by atoms with Crippen LogP contribution in [0, 0.1) is 0 Å². The van der Waals surface area contributed by atoms with Gasteiger partial charge in [0.25, 0.3) is 0 Å². The number of carbonyl (C=O) groups excluding carboxylic acids is 1. The maximum Gasteiger partial charge on any atom is 0.246 e. The van der Waals surface area contributed by atoms with Crippen LogP contribution in [0.3, 0.4) is 0 Å². The Bertz CT molecular complexity index is 744. The molecule has 0 radical (unpaired) electrons. The topological polar surface area (TPSA) is 41.9 Å². The third-order valence-corrected chi connectivity index (χ3v) is 4.23. The van der Waals surface area contributed by atoms with Crippen molar-refractivity contribution in [1.82, 2.24) is 5.01 Å². The van der Waals surface area contributed by atoms with Crippen molar-refractivity contribution in [3.63, 3.8) is 0 Å². The van der Waals surface area contributed by atoms with Crippen molar-refractivity contribution >= 4 is 39.3 Å². The minimum Gasteiger partial charge on any atom is -0.446 e. The van der Waals surface area contributed by atoms with Gasteiger partial charge in [0.1, 0.15) is 0 Å². The minimum atomic E-state index is -0.554. The van der Waals surface area contributed by atoms with Gasteiger partial charge in [0.05, 0.1) is 0 Å². The normalized spacial score (nSPS) is 16.9. The molecule has 0 saturated carbocycles. The van der Waals surface area contributed by atoms with Gasteiger partial charge in [-0.2, -0.15) is 5.01 Å². The summed E-state index contributed by atoms with van der Waals surface area (Å²) in [4.78, 5) is 12.2. The summed E-state index contributed by atoms with van der Waals surface area (Å²) < 4.78 is 6.91. The van der Waals surface area contributed by atoms with Crippen molar-refractivity contribution in [1.29, 1.82) is 0 Å². The number of halogens is 2. The van der Waals surface area contributed by atoms with Crippen LogP contribution in [0.4, 0.5) is 0 Å². The van der Waals surface area contributed by atoms with Gasteiger partial charge in [0.2, 0.25) is 18.0 Å². The van der Waals surface area contributed by atoms with E-state index in [4.69, 9.17) is 16.3 Å². The van der Waals surface area contributed by atoms with Gasteiger partial charge in [0, 0.05) is 27.0 Å². The minimum absolute atomic E-state index is 0.0955. The van der Waals surface area contributed by atoms with Gasteiger partial charge in [-0.1, -0.05) is 46.6 Å². The summed E-state index contributed by atoms with van der Waals surface area (Å²) in [6.07, 6.45) is -0.199. The second-order valence-corrected chi connectivity index (χ2v) is 6.38. The van der Waals surface area contributed by atoms with Crippen LogP contribution < -0.4 is 0 Å². The average molecular weight is 394 g/mol. The van der Waals surface area contributed by atoms with E-state index in [1.807, 2.05) is 36.4 Å². The molecule has 1 aliphatic heterocycles. The first-order valence-electron chi connectivity index (χ1n) is 7.17. The predicted molar refractivity (Wildman–Crippen MR) is 93.1 cm³/mol. The number of rotatable bonds is 3. The highest BCUT2D eigenvalue weighted by atomic mass is 79.9. The average Bonchev–Trinajstić information content (AvgIpc) is 3.00. The van der Waals surface area contributed by atoms with Crippen molar-refractivity contribution in [3.8, 4) is 0 Å². The van der Waals surface area contributed by atoms with Crippen molar-refractivity contribution in [2.75, 3.05) is 0 Å². The third kappa shape index (κ3) is 3.41. The summed E-state index contributed by atoms with van der Waals surface area (Å²) in [7, 11) is 0. The lowest BCUT2D eigenvalue weighted by Gasteiger charge is -2.20. The molecule has 0 aromatic heterocycles. The highest BCUT2D eigenvalue weighted by molar-refractivity contribution is 9.10. The number of hydrogen-bond acceptors (Lipinski definition) is 3. The Morgan fingerprint density at radius 1 is 1.22 bits per heavy atom. The first-order chi connectivity index (χ1) is 11.1. The van der Waals surface area contributed by atoms with Gasteiger partial charge in [-0.3, -0.25) is 4.79 Å². The number of hydrazone groups is 1. The van der Waals surface area contributed by atoms with Crippen molar-refractivity contribution < 1.29 is 9.53 Å². The molecule has 0 N–H and O–H groups in total. The summed E-state index contributed by atoms with van der Waals surface area (Å²) in [5, 5.41) is 6.40. The van der Waals surface area contributed by atoms with Gasteiger partial charge in [-0.25, -0.2) is 0 Å². The zero-order valence-corrected chi connectivity index (χ0v) is 14.7. The van der Waals surface area contributed by atoms with Crippen LogP contribution in [-0.2, 0) is 9.53 Å². The number of ether oxygens (including phenoxy) is 1. The molecule has 1 amide bonds. The smallest absolute Gasteiger partial charge is 0.246 e. The third-order valence-electron chi connectivity index (χ3n) is 3.45. The van der Waals surface area contributed by atoms with Gasteiger partial charge in [0.15, 0.2) is 0 Å². The van der Waals surface area contributed by atoms with E-state index in [9.17, 15) is 4.79 Å². The Balaban J connectivity index is 1.93. The molecule has 2 aromatic rings. The highest BCUT2D eigenvalue weighted by Crippen LogP contribution is 2.31. The summed E-state index contributed by atoms with van der Waals surface area (Å²) >= 11 is 9.31.